The lowest BCUT2D eigenvalue weighted by Crippen LogP contribution is -2.25. The fraction of sp³-hybridized carbons (Fsp3) is 0.163. The molecule has 3 heterocycles. The number of carboxylic acid groups (broad SMARTS) is 1. The Morgan fingerprint density at radius 2 is 1.18 bits per heavy atom. The molecule has 0 aliphatic rings. The molecule has 0 atom stereocenters. The Kier molecular flexibility index (Phi) is 18.8. The number of pyridine rings is 3. The number of carboxylic acids is 1. The fourth-order valence-electron chi connectivity index (χ4n) is 5.41. The van der Waals surface area contributed by atoms with Crippen molar-refractivity contribution >= 4 is 78.5 Å². The van der Waals surface area contributed by atoms with Crippen molar-refractivity contribution in [1.82, 2.24) is 25.5 Å². The van der Waals surface area contributed by atoms with Crippen LogP contribution in [0.25, 0.3) is 32.7 Å². The highest BCUT2D eigenvalue weighted by molar-refractivity contribution is 7.92. The third-order valence-corrected chi connectivity index (χ3v) is 9.93. The second-order valence-electron chi connectivity index (χ2n) is 12.6. The van der Waals surface area contributed by atoms with Gasteiger partial charge in [-0.2, -0.15) is 0 Å². The molecule has 0 bridgehead atoms. The maximum absolute atomic E-state index is 14.8. The van der Waals surface area contributed by atoms with Crippen LogP contribution in [0.15, 0.2) is 116 Å². The third kappa shape index (κ3) is 13.2. The van der Waals surface area contributed by atoms with Gasteiger partial charge in [0.05, 0.1) is 53.3 Å². The molecule has 0 aliphatic heterocycles. The molecule has 3 N–H and O–H groups in total. The quantitative estimate of drug-likeness (QED) is 0.0682. The standard InChI is InChI=1S/C19H15F3N2O3S.C12H12N2O2.C10H7NO2.C2H7NO.ClH/c1-2-8-28(26,27)24-15-10-13(20)17(21)16(18(15)22)19(25)12-5-6-14-11(9-12)4-3-7-23-14;1-14(16-2)12(15)10-5-6-11-9(8-10)4-3-7-13-11;12-10(13)8-3-4-9-7(6-8)2-1-5-11-9;1-3-4-2;/h3-7,9-10,24H,2,8H2,1H3;3-8H,1-2H3;1-6H,(H,12,13);3H,1-2H3;1H. The van der Waals surface area contributed by atoms with Gasteiger partial charge in [-0.3, -0.25) is 34.1 Å². The second kappa shape index (κ2) is 23.4. The predicted molar refractivity (Wildman–Crippen MR) is 232 cm³/mol. The van der Waals surface area contributed by atoms with Crippen molar-refractivity contribution in [2.45, 2.75) is 13.3 Å². The van der Waals surface area contributed by atoms with Crippen LogP contribution in [0.5, 0.6) is 0 Å². The number of amides is 1. The summed E-state index contributed by atoms with van der Waals surface area (Å²) in [5, 5.41) is 12.3. The van der Waals surface area contributed by atoms with Crippen molar-refractivity contribution in [2.75, 3.05) is 38.8 Å². The number of anilines is 1. The zero-order valence-corrected chi connectivity index (χ0v) is 35.6. The molecule has 4 aromatic carbocycles. The van der Waals surface area contributed by atoms with Crippen LogP contribution in [0.4, 0.5) is 18.9 Å². The monoisotopic (exact) mass is 894 g/mol. The number of ketones is 1. The van der Waals surface area contributed by atoms with Crippen molar-refractivity contribution in [2.24, 2.45) is 0 Å². The highest BCUT2D eigenvalue weighted by Gasteiger charge is 2.27. The van der Waals surface area contributed by atoms with E-state index in [9.17, 15) is 36.0 Å². The van der Waals surface area contributed by atoms with Crippen LogP contribution < -0.4 is 10.2 Å². The molecule has 0 unspecified atom stereocenters. The van der Waals surface area contributed by atoms with Gasteiger partial charge in [0.1, 0.15) is 0 Å². The smallest absolute Gasteiger partial charge is 0.335 e. The van der Waals surface area contributed by atoms with E-state index < -0.39 is 50.5 Å². The summed E-state index contributed by atoms with van der Waals surface area (Å²) >= 11 is 0. The van der Waals surface area contributed by atoms with Gasteiger partial charge in [0.2, 0.25) is 10.0 Å². The van der Waals surface area contributed by atoms with Gasteiger partial charge in [0, 0.05) is 66.0 Å². The molecular formula is C43H42ClF3N6O8S. The highest BCUT2D eigenvalue weighted by atomic mass is 35.5. The van der Waals surface area contributed by atoms with E-state index in [0.717, 1.165) is 21.8 Å². The molecule has 7 rings (SSSR count). The third-order valence-electron chi connectivity index (χ3n) is 8.45. The minimum atomic E-state index is -3.97. The van der Waals surface area contributed by atoms with Crippen molar-refractivity contribution in [1.29, 1.82) is 0 Å². The van der Waals surface area contributed by atoms with Crippen LogP contribution >= 0.6 is 12.4 Å². The summed E-state index contributed by atoms with van der Waals surface area (Å²) in [5.41, 5.74) is 3.48. The number of hydrogen-bond acceptors (Lipinski definition) is 11. The molecular weight excluding hydrogens is 853 g/mol. The van der Waals surface area contributed by atoms with Gasteiger partial charge in [-0.15, -0.1) is 12.4 Å². The number of carbonyl (C=O) groups is 3. The van der Waals surface area contributed by atoms with E-state index in [1.165, 1.54) is 30.4 Å². The molecule has 0 saturated carbocycles. The number of nitrogens with zero attached hydrogens (tertiary/aromatic N) is 4. The zero-order chi connectivity index (χ0) is 44.7. The number of nitrogens with one attached hydrogen (secondary N) is 2. The van der Waals surface area contributed by atoms with Crippen LogP contribution in [0.3, 0.4) is 0 Å². The predicted octanol–water partition coefficient (Wildman–Crippen LogP) is 8.03. The lowest BCUT2D eigenvalue weighted by atomic mass is 9.99. The van der Waals surface area contributed by atoms with E-state index >= 15 is 0 Å². The number of hydrogen-bond donors (Lipinski definition) is 3. The van der Waals surface area contributed by atoms with Crippen LogP contribution in [-0.2, 0) is 19.7 Å². The summed E-state index contributed by atoms with van der Waals surface area (Å²) in [5.74, 6) is -7.24. The van der Waals surface area contributed by atoms with Crippen molar-refractivity contribution in [3.8, 4) is 0 Å². The highest BCUT2D eigenvalue weighted by Crippen LogP contribution is 2.28. The Bertz CT molecular complexity index is 2780. The molecule has 0 aliphatic carbocycles. The summed E-state index contributed by atoms with van der Waals surface area (Å²) in [4.78, 5) is 56.6. The van der Waals surface area contributed by atoms with Gasteiger partial charge < -0.3 is 9.94 Å². The van der Waals surface area contributed by atoms with E-state index in [0.29, 0.717) is 28.1 Å². The Labute approximate surface area is 361 Å². The Morgan fingerprint density at radius 3 is 1.63 bits per heavy atom. The van der Waals surface area contributed by atoms with Crippen LogP contribution in [0, 0.1) is 17.5 Å². The van der Waals surface area contributed by atoms with Crippen molar-refractivity contribution in [3.05, 3.63) is 155 Å². The first-order chi connectivity index (χ1) is 29.1. The first kappa shape index (κ1) is 49.8. The summed E-state index contributed by atoms with van der Waals surface area (Å²) in [7, 11) is 2.34. The van der Waals surface area contributed by atoms with E-state index in [-0.39, 0.29) is 36.1 Å². The largest absolute Gasteiger partial charge is 0.478 e. The molecule has 62 heavy (non-hydrogen) atoms. The number of hydroxylamine groups is 3. The minimum absolute atomic E-state index is 0. The van der Waals surface area contributed by atoms with Gasteiger partial charge in [0.25, 0.3) is 5.91 Å². The first-order valence-corrected chi connectivity index (χ1v) is 19.8. The Hall–Kier alpha value is -6.57. The number of fused-ring (bicyclic) bond motifs is 3. The number of carbonyl (C=O) groups excluding carboxylic acids is 2. The number of rotatable bonds is 10. The summed E-state index contributed by atoms with van der Waals surface area (Å²) < 4.78 is 68.6. The normalized spacial score (nSPS) is 10.5. The van der Waals surface area contributed by atoms with Gasteiger partial charge in [0.15, 0.2) is 23.2 Å². The number of benzene rings is 4. The molecule has 326 valence electrons. The van der Waals surface area contributed by atoms with Gasteiger partial charge in [-0.25, -0.2) is 36.9 Å². The SMILES string of the molecule is CCCS(=O)(=O)Nc1cc(F)c(F)c(C(=O)c2ccc3ncccc3c2)c1F.CNOC.CON(C)C(=O)c1ccc2ncccc2c1.Cl.O=C(O)c1ccc2ncccc2c1. The van der Waals surface area contributed by atoms with Gasteiger partial charge >= 0.3 is 5.97 Å². The van der Waals surface area contributed by atoms with Crippen LogP contribution in [-0.4, -0.2) is 85.3 Å². The van der Waals surface area contributed by atoms with E-state index in [1.807, 2.05) is 29.0 Å². The molecule has 7 aromatic rings. The minimum Gasteiger partial charge on any atom is -0.478 e. The lowest BCUT2D eigenvalue weighted by molar-refractivity contribution is -0.0756. The molecule has 3 aromatic heterocycles. The number of sulfonamides is 1. The Morgan fingerprint density at radius 1 is 0.726 bits per heavy atom. The topological polar surface area (TPSA) is 190 Å². The van der Waals surface area contributed by atoms with Gasteiger partial charge in [-0.1, -0.05) is 25.1 Å². The van der Waals surface area contributed by atoms with E-state index in [4.69, 9.17) is 9.94 Å². The maximum Gasteiger partial charge on any atom is 0.335 e. The average molecular weight is 895 g/mol. The molecule has 19 heteroatoms. The zero-order valence-electron chi connectivity index (χ0n) is 33.9. The summed E-state index contributed by atoms with van der Waals surface area (Å²) in [6.07, 6.45) is 5.19. The van der Waals surface area contributed by atoms with E-state index in [2.05, 4.69) is 25.3 Å². The molecule has 0 radical (unpaired) electrons. The van der Waals surface area contributed by atoms with Gasteiger partial charge in [-0.05, 0) is 79.2 Å². The molecule has 14 nitrogen and oxygen atoms in total. The van der Waals surface area contributed by atoms with Crippen LogP contribution in [0.2, 0.25) is 0 Å². The second-order valence-corrected chi connectivity index (χ2v) is 14.4. The molecule has 0 saturated heterocycles. The Balaban J connectivity index is 0.000000254. The lowest BCUT2D eigenvalue weighted by Gasteiger charge is -2.13. The summed E-state index contributed by atoms with van der Waals surface area (Å²) in [6, 6.07) is 25.5. The molecule has 0 fully saturated rings. The average Bonchev–Trinajstić information content (AvgIpc) is 3.27. The fourth-order valence-corrected chi connectivity index (χ4v) is 6.53. The van der Waals surface area contributed by atoms with E-state index in [1.54, 1.807) is 95.3 Å². The molecule has 1 amide bonds. The molecule has 0 spiro atoms. The number of halogens is 4. The maximum atomic E-state index is 14.8. The first-order valence-electron chi connectivity index (χ1n) is 18.2. The number of aromatic carboxylic acids is 1. The van der Waals surface area contributed by atoms with Crippen molar-refractivity contribution in [3.63, 3.8) is 0 Å². The summed E-state index contributed by atoms with van der Waals surface area (Å²) in [6.45, 7) is 1.59. The van der Waals surface area contributed by atoms with Crippen LogP contribution in [0.1, 0.15) is 50.0 Å². The number of aromatic nitrogens is 3. The van der Waals surface area contributed by atoms with Crippen molar-refractivity contribution < 1.29 is 50.8 Å².